The van der Waals surface area contributed by atoms with Crippen LogP contribution in [-0.2, 0) is 80.9 Å². The maximum atomic E-state index is 13.6. The molecule has 0 aliphatic carbocycles. The quantitative estimate of drug-likeness (QED) is 0.0317. The highest BCUT2D eigenvalue weighted by Crippen LogP contribution is 2.22. The Balaban J connectivity index is 2.05. The molecule has 2 rings (SSSR count). The fourth-order valence-electron chi connectivity index (χ4n) is 6.76. The summed E-state index contributed by atoms with van der Waals surface area (Å²) < 4.78 is 55.7. The predicted octanol–water partition coefficient (Wildman–Crippen LogP) is 2.36. The third-order valence-corrected chi connectivity index (χ3v) is 10.1. The highest BCUT2D eigenvalue weighted by atomic mass is 16.6. The summed E-state index contributed by atoms with van der Waals surface area (Å²) >= 11 is 0. The van der Waals surface area contributed by atoms with Crippen LogP contribution in [0.4, 0.5) is 0 Å². The summed E-state index contributed by atoms with van der Waals surface area (Å²) in [7, 11) is 0. The van der Waals surface area contributed by atoms with Crippen LogP contribution in [0.5, 0.6) is 0 Å². The van der Waals surface area contributed by atoms with Gasteiger partial charge < -0.3 is 68.6 Å². The van der Waals surface area contributed by atoms with E-state index in [0.29, 0.717) is 11.1 Å². The fourth-order valence-corrected chi connectivity index (χ4v) is 6.76. The van der Waals surface area contributed by atoms with Gasteiger partial charge in [-0.25, -0.2) is 0 Å². The van der Waals surface area contributed by atoms with Crippen molar-refractivity contribution in [2.45, 2.75) is 130 Å². The van der Waals surface area contributed by atoms with E-state index in [1.165, 1.54) is 0 Å². The Morgan fingerprint density at radius 3 is 1.04 bits per heavy atom. The van der Waals surface area contributed by atoms with Crippen LogP contribution in [0, 0.1) is 0 Å². The Hall–Kier alpha value is -5.63. The summed E-state index contributed by atoms with van der Waals surface area (Å²) in [5.74, 6) is -3.69. The van der Waals surface area contributed by atoms with E-state index < -0.39 is 58.0 Å². The largest absolute Gasteiger partial charge is 0.460 e. The van der Waals surface area contributed by atoms with Gasteiger partial charge in [-0.05, 0) is 74.4 Å². The number of esters is 3. The molecule has 6 amide bonds. The lowest BCUT2D eigenvalue weighted by atomic mass is 10.0. The van der Waals surface area contributed by atoms with E-state index in [1.807, 2.05) is 0 Å². The van der Waals surface area contributed by atoms with Crippen molar-refractivity contribution in [2.75, 3.05) is 119 Å². The number of fused-ring (bicyclic) bond motifs is 1. The minimum atomic E-state index is -1.44. The van der Waals surface area contributed by atoms with Gasteiger partial charge in [0, 0.05) is 45.3 Å². The van der Waals surface area contributed by atoms with Crippen molar-refractivity contribution < 1.29 is 90.5 Å². The molecule has 0 radical (unpaired) electrons. The molecule has 1 aliphatic rings. The van der Waals surface area contributed by atoms with Crippen molar-refractivity contribution in [3.63, 3.8) is 0 Å². The standard InChI is InChI=1S/C53H85N5O19/c1-50(2,3)75-45(63)18-29-68-32-21-54-41(59)14-26-72-36-53(37-73-27-15-42(60)55-22-33-69-30-19-46(64)76-51(4,5)6,38-74-28-16-43(61)56-23-34-70-31-20-47(65)77-52(7,8)9)57-44(62)17-25-71-35-24-58-48(66)39-12-10-11-13-40(39)49(58)67/h10-13H,14-38H2,1-9H3,(H,54,59)(H,55,60)(H,56,61)(H,57,62). The molecule has 1 aromatic rings. The van der Waals surface area contributed by atoms with Gasteiger partial charge in [0.05, 0.1) is 129 Å². The molecule has 24 nitrogen and oxygen atoms in total. The lowest BCUT2D eigenvalue weighted by molar-refractivity contribution is -0.157. The van der Waals surface area contributed by atoms with Gasteiger partial charge in [-0.3, -0.25) is 48.1 Å². The number of hydrogen-bond donors (Lipinski definition) is 4. The maximum Gasteiger partial charge on any atom is 0.308 e. The number of nitrogens with zero attached hydrogens (tertiary/aromatic N) is 1. The normalized spacial score (nSPS) is 12.7. The zero-order valence-corrected chi connectivity index (χ0v) is 46.7. The van der Waals surface area contributed by atoms with Gasteiger partial charge in [0.25, 0.3) is 11.8 Å². The van der Waals surface area contributed by atoms with Crippen LogP contribution >= 0.6 is 0 Å². The molecule has 0 aromatic heterocycles. The molecule has 24 heteroatoms. The summed E-state index contributed by atoms with van der Waals surface area (Å²) in [4.78, 5) is 114. The highest BCUT2D eigenvalue weighted by molar-refractivity contribution is 6.21. The van der Waals surface area contributed by atoms with Crippen molar-refractivity contribution in [2.24, 2.45) is 0 Å². The zero-order valence-electron chi connectivity index (χ0n) is 46.7. The second kappa shape index (κ2) is 35.7. The van der Waals surface area contributed by atoms with Gasteiger partial charge in [-0.15, -0.1) is 0 Å². The fraction of sp³-hybridized carbons (Fsp3) is 0.717. The first-order valence-corrected chi connectivity index (χ1v) is 26.0. The summed E-state index contributed by atoms with van der Waals surface area (Å²) in [6.07, 6.45) is -0.261. The number of hydrogen-bond acceptors (Lipinski definition) is 19. The van der Waals surface area contributed by atoms with Crippen molar-refractivity contribution in [1.29, 1.82) is 0 Å². The van der Waals surface area contributed by atoms with E-state index in [1.54, 1.807) is 86.6 Å². The van der Waals surface area contributed by atoms with Crippen LogP contribution < -0.4 is 21.3 Å². The van der Waals surface area contributed by atoms with E-state index in [-0.39, 0.29) is 181 Å². The summed E-state index contributed by atoms with van der Waals surface area (Å²) in [6, 6.07) is 6.49. The number of amides is 6. The smallest absolute Gasteiger partial charge is 0.308 e. The third-order valence-electron chi connectivity index (χ3n) is 10.1. The Bertz CT molecular complexity index is 1850. The van der Waals surface area contributed by atoms with Gasteiger partial charge >= 0.3 is 17.9 Å². The van der Waals surface area contributed by atoms with E-state index in [0.717, 1.165) is 4.90 Å². The van der Waals surface area contributed by atoms with E-state index in [9.17, 15) is 43.2 Å². The van der Waals surface area contributed by atoms with Crippen LogP contribution in [0.1, 0.15) is 128 Å². The number of nitrogens with one attached hydrogen (secondary N) is 4. The number of imide groups is 1. The lowest BCUT2D eigenvalue weighted by Gasteiger charge is -2.34. The molecular formula is C53H85N5O19. The molecule has 0 spiro atoms. The van der Waals surface area contributed by atoms with Gasteiger partial charge in [-0.2, -0.15) is 0 Å². The minimum Gasteiger partial charge on any atom is -0.460 e. The summed E-state index contributed by atoms with van der Waals surface area (Å²) in [5.41, 5.74) is -2.68. The molecule has 436 valence electrons. The lowest BCUT2D eigenvalue weighted by Crippen LogP contribution is -2.59. The Morgan fingerprint density at radius 1 is 0.403 bits per heavy atom. The average molecular weight is 1100 g/mol. The molecule has 0 atom stereocenters. The van der Waals surface area contributed by atoms with E-state index in [2.05, 4.69) is 21.3 Å². The summed E-state index contributed by atoms with van der Waals surface area (Å²) in [5, 5.41) is 11.1. The number of ether oxygens (including phenoxy) is 10. The second-order valence-corrected chi connectivity index (χ2v) is 20.8. The van der Waals surface area contributed by atoms with Crippen molar-refractivity contribution in [3.8, 4) is 0 Å². The van der Waals surface area contributed by atoms with E-state index in [4.69, 9.17) is 47.4 Å². The molecule has 1 heterocycles. The molecule has 4 N–H and O–H groups in total. The van der Waals surface area contributed by atoms with Crippen molar-refractivity contribution in [3.05, 3.63) is 35.4 Å². The molecule has 0 saturated heterocycles. The Kier molecular flexibility index (Phi) is 31.3. The molecular weight excluding hydrogens is 1010 g/mol. The van der Waals surface area contributed by atoms with Gasteiger partial charge in [0.1, 0.15) is 22.3 Å². The molecule has 0 unspecified atom stereocenters. The number of carbonyl (C=O) groups is 9. The Labute approximate surface area is 452 Å². The Morgan fingerprint density at radius 2 is 0.701 bits per heavy atom. The minimum absolute atomic E-state index is 0.0362. The average Bonchev–Trinajstić information content (AvgIpc) is 3.56. The second-order valence-electron chi connectivity index (χ2n) is 20.8. The zero-order chi connectivity index (χ0) is 57.3. The number of benzene rings is 1. The first-order chi connectivity index (χ1) is 36.3. The van der Waals surface area contributed by atoms with Crippen molar-refractivity contribution >= 4 is 53.4 Å². The van der Waals surface area contributed by atoms with Crippen LogP contribution in [0.3, 0.4) is 0 Å². The van der Waals surface area contributed by atoms with Crippen LogP contribution in [0.25, 0.3) is 0 Å². The predicted molar refractivity (Wildman–Crippen MR) is 277 cm³/mol. The highest BCUT2D eigenvalue weighted by Gasteiger charge is 2.36. The molecule has 1 aliphatic heterocycles. The third kappa shape index (κ3) is 32.7. The molecule has 0 bridgehead atoms. The van der Waals surface area contributed by atoms with Gasteiger partial charge in [0.2, 0.25) is 23.6 Å². The van der Waals surface area contributed by atoms with Crippen LogP contribution in [0.2, 0.25) is 0 Å². The molecule has 0 saturated carbocycles. The molecule has 1 aromatic carbocycles. The molecule has 77 heavy (non-hydrogen) atoms. The number of rotatable bonds is 40. The number of carbonyl (C=O) groups excluding carboxylic acids is 9. The van der Waals surface area contributed by atoms with Gasteiger partial charge in [-0.1, -0.05) is 12.1 Å². The van der Waals surface area contributed by atoms with Crippen LogP contribution in [0.15, 0.2) is 24.3 Å². The SMILES string of the molecule is CC(C)(C)OC(=O)CCOCCNC(=O)CCOCC(COCCC(=O)NCCOCCC(=O)OC(C)(C)C)(COCCC(=O)NCCOCCC(=O)OC(C)(C)C)NC(=O)CCOCCN1C(=O)c2ccccc2C1=O. The first-order valence-electron chi connectivity index (χ1n) is 26.0. The van der Waals surface area contributed by atoms with Gasteiger partial charge in [0.15, 0.2) is 0 Å². The monoisotopic (exact) mass is 1100 g/mol. The summed E-state index contributed by atoms with van der Waals surface area (Å²) in [6.45, 7) is 15.9. The topological polar surface area (TPSA) is 297 Å². The van der Waals surface area contributed by atoms with E-state index >= 15 is 0 Å². The maximum absolute atomic E-state index is 13.6. The van der Waals surface area contributed by atoms with Crippen LogP contribution in [-0.4, -0.2) is 199 Å². The van der Waals surface area contributed by atoms with Crippen molar-refractivity contribution in [1.82, 2.24) is 26.2 Å². The molecule has 0 fully saturated rings. The first kappa shape index (κ1) is 67.5.